The minimum atomic E-state index is -0.186. The summed E-state index contributed by atoms with van der Waals surface area (Å²) in [7, 11) is 0. The minimum Gasteiger partial charge on any atom is -0.435 e. The van der Waals surface area contributed by atoms with Crippen molar-refractivity contribution >= 4 is 5.97 Å². The molecule has 0 rings (SSSR count). The molecule has 0 bridgehead atoms. The van der Waals surface area contributed by atoms with Gasteiger partial charge in [-0.3, -0.25) is 4.79 Å². The second-order valence-electron chi connectivity index (χ2n) is 3.70. The number of unbranched alkanes of at least 4 members (excludes halogenated alkanes) is 1. The van der Waals surface area contributed by atoms with E-state index in [1.165, 1.54) is 18.3 Å². The largest absolute Gasteiger partial charge is 0.435 e. The predicted octanol–water partition coefficient (Wildman–Crippen LogP) is 3.84. The van der Waals surface area contributed by atoms with Gasteiger partial charge in [0, 0.05) is 6.42 Å². The van der Waals surface area contributed by atoms with E-state index in [1.54, 1.807) is 6.92 Å². The summed E-state index contributed by atoms with van der Waals surface area (Å²) in [6, 6.07) is 0. The molecule has 0 aromatic carbocycles. The molecule has 1 atom stereocenters. The highest BCUT2D eigenvalue weighted by Crippen LogP contribution is 2.12. The van der Waals surface area contributed by atoms with E-state index in [2.05, 4.69) is 26.8 Å². The second-order valence-corrected chi connectivity index (χ2v) is 3.70. The fraction of sp³-hybridized carbons (Fsp3) is 0.615. The Balaban J connectivity index is 4.00. The summed E-state index contributed by atoms with van der Waals surface area (Å²) in [6.07, 6.45) is 8.34. The molecule has 0 aliphatic carbocycles. The minimum absolute atomic E-state index is 0.186. The Morgan fingerprint density at radius 3 is 2.60 bits per heavy atom. The van der Waals surface area contributed by atoms with Crippen molar-refractivity contribution in [2.24, 2.45) is 5.92 Å². The Hall–Kier alpha value is -1.05. The first-order valence-corrected chi connectivity index (χ1v) is 5.64. The lowest BCUT2D eigenvalue weighted by atomic mass is 10.0. The number of carbonyl (C=O) groups is 1. The molecule has 86 valence electrons. The van der Waals surface area contributed by atoms with E-state index in [9.17, 15) is 4.79 Å². The van der Waals surface area contributed by atoms with Crippen molar-refractivity contribution in [2.45, 2.75) is 47.0 Å². The standard InChI is InChI=1S/C13H22O2/c1-5-7-8-11(3)12(4)9-10-15-13(14)6-2/h8-10,12H,5-7H2,1-4H3/b10-9+,11-8+. The first-order chi connectivity index (χ1) is 7.11. The lowest BCUT2D eigenvalue weighted by Crippen LogP contribution is -1.97. The number of hydrogen-bond acceptors (Lipinski definition) is 2. The van der Waals surface area contributed by atoms with Gasteiger partial charge in [0.2, 0.25) is 0 Å². The van der Waals surface area contributed by atoms with Crippen LogP contribution in [-0.2, 0) is 9.53 Å². The van der Waals surface area contributed by atoms with E-state index in [1.807, 2.05) is 6.08 Å². The maximum absolute atomic E-state index is 10.8. The number of carbonyl (C=O) groups excluding carboxylic acids is 1. The molecule has 2 heteroatoms. The Morgan fingerprint density at radius 2 is 2.07 bits per heavy atom. The monoisotopic (exact) mass is 210 g/mol. The van der Waals surface area contributed by atoms with Crippen LogP contribution < -0.4 is 0 Å². The zero-order valence-electron chi connectivity index (χ0n) is 10.2. The summed E-state index contributed by atoms with van der Waals surface area (Å²) in [4.78, 5) is 10.8. The van der Waals surface area contributed by atoms with Crippen LogP contribution in [0.25, 0.3) is 0 Å². The van der Waals surface area contributed by atoms with Gasteiger partial charge in [0.05, 0.1) is 6.26 Å². The van der Waals surface area contributed by atoms with E-state index in [4.69, 9.17) is 4.74 Å². The molecule has 0 aromatic heterocycles. The van der Waals surface area contributed by atoms with Gasteiger partial charge in [0.25, 0.3) is 0 Å². The molecule has 0 heterocycles. The Labute approximate surface area is 93.0 Å². The molecule has 0 aliphatic rings. The van der Waals surface area contributed by atoms with Crippen molar-refractivity contribution in [1.82, 2.24) is 0 Å². The van der Waals surface area contributed by atoms with Crippen LogP contribution in [0.15, 0.2) is 24.0 Å². The van der Waals surface area contributed by atoms with Gasteiger partial charge in [-0.2, -0.15) is 0 Å². The molecular formula is C13H22O2. The van der Waals surface area contributed by atoms with Crippen molar-refractivity contribution in [3.63, 3.8) is 0 Å². The quantitative estimate of drug-likeness (QED) is 0.378. The molecule has 0 amide bonds. The van der Waals surface area contributed by atoms with Gasteiger partial charge in [-0.15, -0.1) is 0 Å². The molecule has 1 unspecified atom stereocenters. The smallest absolute Gasteiger partial charge is 0.310 e. The summed E-state index contributed by atoms with van der Waals surface area (Å²) < 4.78 is 4.87. The van der Waals surface area contributed by atoms with Crippen LogP contribution in [0, 0.1) is 5.92 Å². The number of esters is 1. The third-order valence-corrected chi connectivity index (χ3v) is 2.33. The highest BCUT2D eigenvalue weighted by atomic mass is 16.5. The van der Waals surface area contributed by atoms with Crippen molar-refractivity contribution in [2.75, 3.05) is 0 Å². The third kappa shape index (κ3) is 6.95. The Bertz CT molecular complexity index is 239. The van der Waals surface area contributed by atoms with E-state index in [0.29, 0.717) is 12.3 Å². The molecular weight excluding hydrogens is 188 g/mol. The molecule has 0 saturated carbocycles. The van der Waals surface area contributed by atoms with E-state index in [0.717, 1.165) is 6.42 Å². The Morgan fingerprint density at radius 1 is 1.40 bits per heavy atom. The number of ether oxygens (including phenoxy) is 1. The van der Waals surface area contributed by atoms with Crippen molar-refractivity contribution in [1.29, 1.82) is 0 Å². The van der Waals surface area contributed by atoms with Gasteiger partial charge in [-0.1, -0.05) is 38.8 Å². The fourth-order valence-electron chi connectivity index (χ4n) is 1.03. The van der Waals surface area contributed by atoms with Crippen LogP contribution in [0.1, 0.15) is 47.0 Å². The Kier molecular flexibility index (Phi) is 7.69. The maximum atomic E-state index is 10.8. The van der Waals surface area contributed by atoms with Crippen LogP contribution in [0.2, 0.25) is 0 Å². The average molecular weight is 210 g/mol. The molecule has 15 heavy (non-hydrogen) atoms. The zero-order valence-corrected chi connectivity index (χ0v) is 10.2. The molecule has 0 aliphatic heterocycles. The summed E-state index contributed by atoms with van der Waals surface area (Å²) in [5.74, 6) is 0.148. The van der Waals surface area contributed by atoms with Gasteiger partial charge in [0.1, 0.15) is 0 Å². The maximum Gasteiger partial charge on any atom is 0.310 e. The lowest BCUT2D eigenvalue weighted by molar-refractivity contribution is -0.137. The van der Waals surface area contributed by atoms with Gasteiger partial charge in [0.15, 0.2) is 0 Å². The highest BCUT2D eigenvalue weighted by molar-refractivity contribution is 5.69. The number of allylic oxidation sites excluding steroid dienone is 3. The first kappa shape index (κ1) is 13.9. The van der Waals surface area contributed by atoms with Crippen LogP contribution in [0.3, 0.4) is 0 Å². The van der Waals surface area contributed by atoms with Crippen LogP contribution in [0.5, 0.6) is 0 Å². The van der Waals surface area contributed by atoms with Gasteiger partial charge < -0.3 is 4.74 Å². The van der Waals surface area contributed by atoms with E-state index in [-0.39, 0.29) is 5.97 Å². The highest BCUT2D eigenvalue weighted by Gasteiger charge is 1.99. The topological polar surface area (TPSA) is 26.3 Å². The van der Waals surface area contributed by atoms with E-state index >= 15 is 0 Å². The third-order valence-electron chi connectivity index (χ3n) is 2.33. The number of rotatable bonds is 6. The zero-order chi connectivity index (χ0) is 11.7. The van der Waals surface area contributed by atoms with E-state index < -0.39 is 0 Å². The van der Waals surface area contributed by atoms with Gasteiger partial charge >= 0.3 is 5.97 Å². The predicted molar refractivity (Wildman–Crippen MR) is 63.4 cm³/mol. The molecule has 0 saturated heterocycles. The van der Waals surface area contributed by atoms with Crippen LogP contribution in [-0.4, -0.2) is 5.97 Å². The normalized spacial score (nSPS) is 14.3. The van der Waals surface area contributed by atoms with Crippen molar-refractivity contribution < 1.29 is 9.53 Å². The average Bonchev–Trinajstić information content (AvgIpc) is 2.25. The summed E-state index contributed by atoms with van der Waals surface area (Å²) in [6.45, 7) is 8.14. The van der Waals surface area contributed by atoms with Gasteiger partial charge in [-0.25, -0.2) is 0 Å². The summed E-state index contributed by atoms with van der Waals surface area (Å²) in [5.41, 5.74) is 1.32. The lowest BCUT2D eigenvalue weighted by Gasteiger charge is -2.06. The molecule has 0 spiro atoms. The molecule has 0 aromatic rings. The molecule has 0 fully saturated rings. The SMILES string of the molecule is CCC/C=C(\C)C(C)/C=C/OC(=O)CC. The molecule has 2 nitrogen and oxygen atoms in total. The summed E-state index contributed by atoms with van der Waals surface area (Å²) in [5, 5.41) is 0. The van der Waals surface area contributed by atoms with Gasteiger partial charge in [-0.05, 0) is 25.3 Å². The number of hydrogen-bond donors (Lipinski definition) is 0. The first-order valence-electron chi connectivity index (χ1n) is 5.64. The fourth-order valence-corrected chi connectivity index (χ4v) is 1.03. The second kappa shape index (κ2) is 8.27. The molecule has 0 radical (unpaired) electrons. The van der Waals surface area contributed by atoms with Crippen LogP contribution in [0.4, 0.5) is 0 Å². The van der Waals surface area contributed by atoms with Crippen molar-refractivity contribution in [3.05, 3.63) is 24.0 Å². The van der Waals surface area contributed by atoms with Crippen LogP contribution >= 0.6 is 0 Å². The van der Waals surface area contributed by atoms with Crippen molar-refractivity contribution in [3.8, 4) is 0 Å². The summed E-state index contributed by atoms with van der Waals surface area (Å²) >= 11 is 0. The molecule has 0 N–H and O–H groups in total.